The van der Waals surface area contributed by atoms with Gasteiger partial charge in [0.15, 0.2) is 0 Å². The number of fused-ring (bicyclic) bond motifs is 3. The summed E-state index contributed by atoms with van der Waals surface area (Å²) in [5, 5.41) is 11.5. The van der Waals surface area contributed by atoms with Crippen LogP contribution in [0.1, 0.15) is 88.3 Å². The van der Waals surface area contributed by atoms with Gasteiger partial charge in [0.25, 0.3) is 0 Å². The average Bonchev–Trinajstić information content (AvgIpc) is 2.96. The minimum Gasteiger partial charge on any atom is -0.507 e. The molecular weight excluding hydrogens is 312 g/mol. The highest BCUT2D eigenvalue weighted by molar-refractivity contribution is 5.89. The molecule has 0 saturated carbocycles. The molecule has 25 heavy (non-hydrogen) atoms. The van der Waals surface area contributed by atoms with E-state index in [4.69, 9.17) is 4.42 Å². The minimum absolute atomic E-state index is 0.230. The van der Waals surface area contributed by atoms with Crippen LogP contribution in [0, 0.1) is 5.92 Å². The molecule has 0 aliphatic heterocycles. The second-order valence-corrected chi connectivity index (χ2v) is 7.90. The first kappa shape index (κ1) is 18.0. The van der Waals surface area contributed by atoms with E-state index < -0.39 is 0 Å². The average molecular weight is 342 g/mol. The van der Waals surface area contributed by atoms with Crippen LogP contribution in [-0.4, -0.2) is 5.11 Å². The third-order valence-corrected chi connectivity index (χ3v) is 6.11. The van der Waals surface area contributed by atoms with Gasteiger partial charge < -0.3 is 9.52 Å². The van der Waals surface area contributed by atoms with Crippen LogP contribution >= 0.6 is 0 Å². The van der Waals surface area contributed by atoms with Gasteiger partial charge in [-0.3, -0.25) is 0 Å². The van der Waals surface area contributed by atoms with Crippen LogP contribution in [0.2, 0.25) is 0 Å². The fourth-order valence-electron chi connectivity index (χ4n) is 4.24. The zero-order chi connectivity index (χ0) is 18.1. The summed E-state index contributed by atoms with van der Waals surface area (Å²) >= 11 is 0. The fourth-order valence-corrected chi connectivity index (χ4v) is 4.24. The highest BCUT2D eigenvalue weighted by atomic mass is 16.4. The van der Waals surface area contributed by atoms with Crippen molar-refractivity contribution in [1.82, 2.24) is 0 Å². The molecule has 0 amide bonds. The first-order valence-electron chi connectivity index (χ1n) is 9.76. The third-order valence-electron chi connectivity index (χ3n) is 6.11. The molecule has 1 N–H and O–H groups in total. The number of phenols is 1. The first-order chi connectivity index (χ1) is 11.9. The van der Waals surface area contributed by atoms with E-state index in [2.05, 4.69) is 27.7 Å². The maximum absolute atomic E-state index is 12.3. The quantitative estimate of drug-likeness (QED) is 0.528. The Kier molecular flexibility index (Phi) is 5.21. The van der Waals surface area contributed by atoms with Crippen LogP contribution in [0.25, 0.3) is 11.0 Å². The zero-order valence-corrected chi connectivity index (χ0v) is 15.9. The molecule has 0 bridgehead atoms. The predicted octanol–water partition coefficient (Wildman–Crippen LogP) is 5.87. The molecule has 3 unspecified atom stereocenters. The molecule has 0 radical (unpaired) electrons. The standard InChI is InChI=1S/C22H30O3/c1-5-6-7-8-13(2)15(4)16-11-18(23)21-19(12-16)25-22(24)17-10-9-14(3)20(17)21/h11-15,23H,5-10H2,1-4H3. The lowest BCUT2D eigenvalue weighted by Crippen LogP contribution is -2.09. The van der Waals surface area contributed by atoms with Gasteiger partial charge in [-0.15, -0.1) is 0 Å². The van der Waals surface area contributed by atoms with Crippen molar-refractivity contribution < 1.29 is 9.52 Å². The number of hydrogen-bond acceptors (Lipinski definition) is 3. The number of aromatic hydroxyl groups is 1. The molecule has 0 spiro atoms. The first-order valence-corrected chi connectivity index (χ1v) is 9.76. The molecule has 0 saturated heterocycles. The summed E-state index contributed by atoms with van der Waals surface area (Å²) in [5.74, 6) is 1.41. The van der Waals surface area contributed by atoms with Crippen LogP contribution in [0.4, 0.5) is 0 Å². The lowest BCUT2D eigenvalue weighted by Gasteiger charge is -2.21. The molecule has 1 aromatic carbocycles. The van der Waals surface area contributed by atoms with Crippen molar-refractivity contribution in [2.45, 2.75) is 78.1 Å². The van der Waals surface area contributed by atoms with Gasteiger partial charge in [-0.05, 0) is 53.9 Å². The van der Waals surface area contributed by atoms with Crippen LogP contribution in [0.15, 0.2) is 21.3 Å². The van der Waals surface area contributed by atoms with E-state index in [1.54, 1.807) is 0 Å². The normalized spacial score (nSPS) is 19.1. The van der Waals surface area contributed by atoms with E-state index in [0.717, 1.165) is 34.9 Å². The number of benzene rings is 1. The minimum atomic E-state index is -0.230. The Morgan fingerprint density at radius 3 is 2.76 bits per heavy atom. The molecule has 3 heteroatoms. The Hall–Kier alpha value is -1.77. The highest BCUT2D eigenvalue weighted by Crippen LogP contribution is 2.42. The third kappa shape index (κ3) is 3.33. The Morgan fingerprint density at radius 2 is 2.04 bits per heavy atom. The molecule has 3 rings (SSSR count). The smallest absolute Gasteiger partial charge is 0.339 e. The topological polar surface area (TPSA) is 50.4 Å². The maximum Gasteiger partial charge on any atom is 0.339 e. The van der Waals surface area contributed by atoms with E-state index in [9.17, 15) is 9.90 Å². The van der Waals surface area contributed by atoms with E-state index >= 15 is 0 Å². The van der Waals surface area contributed by atoms with Crippen molar-refractivity contribution >= 4 is 11.0 Å². The molecule has 3 nitrogen and oxygen atoms in total. The maximum atomic E-state index is 12.3. The molecule has 1 aromatic heterocycles. The lowest BCUT2D eigenvalue weighted by atomic mass is 9.84. The number of phenolic OH excluding ortho intramolecular Hbond substituents is 1. The van der Waals surface area contributed by atoms with Gasteiger partial charge in [-0.1, -0.05) is 53.4 Å². The lowest BCUT2D eigenvalue weighted by molar-refractivity contribution is 0.427. The zero-order valence-electron chi connectivity index (χ0n) is 15.9. The molecule has 0 fully saturated rings. The van der Waals surface area contributed by atoms with Crippen molar-refractivity contribution in [2.75, 3.05) is 0 Å². The predicted molar refractivity (Wildman–Crippen MR) is 103 cm³/mol. The van der Waals surface area contributed by atoms with Crippen LogP contribution in [0.5, 0.6) is 5.75 Å². The van der Waals surface area contributed by atoms with Gasteiger partial charge >= 0.3 is 5.63 Å². The SMILES string of the molecule is CCCCCC(C)C(C)c1cc(O)c2c3c(c(=O)oc2c1)CCC3C. The Bertz CT molecular complexity index is 818. The van der Waals surface area contributed by atoms with Crippen molar-refractivity contribution in [3.05, 3.63) is 39.2 Å². The highest BCUT2D eigenvalue weighted by Gasteiger charge is 2.28. The Morgan fingerprint density at radius 1 is 1.28 bits per heavy atom. The molecule has 2 aromatic rings. The van der Waals surface area contributed by atoms with Crippen LogP contribution < -0.4 is 5.63 Å². The van der Waals surface area contributed by atoms with E-state index in [0.29, 0.717) is 23.3 Å². The van der Waals surface area contributed by atoms with Crippen LogP contribution in [0.3, 0.4) is 0 Å². The van der Waals surface area contributed by atoms with E-state index in [1.807, 2.05) is 12.1 Å². The Labute approximate surface area is 150 Å². The molecule has 1 aliphatic rings. The van der Waals surface area contributed by atoms with Gasteiger partial charge in [0, 0.05) is 5.56 Å². The second-order valence-electron chi connectivity index (χ2n) is 7.90. The van der Waals surface area contributed by atoms with E-state index in [-0.39, 0.29) is 11.4 Å². The summed E-state index contributed by atoms with van der Waals surface area (Å²) in [6.45, 7) is 8.81. The van der Waals surface area contributed by atoms with E-state index in [1.165, 1.54) is 25.7 Å². The molecule has 3 atom stereocenters. The number of rotatable bonds is 6. The van der Waals surface area contributed by atoms with Crippen molar-refractivity contribution in [1.29, 1.82) is 0 Å². The van der Waals surface area contributed by atoms with Crippen molar-refractivity contribution in [3.8, 4) is 5.75 Å². The summed E-state index contributed by atoms with van der Waals surface area (Å²) < 4.78 is 5.59. The Balaban J connectivity index is 2.00. The molecule has 136 valence electrons. The summed E-state index contributed by atoms with van der Waals surface area (Å²) in [6.07, 6.45) is 6.61. The van der Waals surface area contributed by atoms with Gasteiger partial charge in [-0.2, -0.15) is 0 Å². The van der Waals surface area contributed by atoms with Crippen molar-refractivity contribution in [3.63, 3.8) is 0 Å². The fraction of sp³-hybridized carbons (Fsp3) is 0.591. The van der Waals surface area contributed by atoms with Crippen LogP contribution in [-0.2, 0) is 6.42 Å². The van der Waals surface area contributed by atoms with Gasteiger partial charge in [-0.25, -0.2) is 4.79 Å². The number of hydrogen-bond donors (Lipinski definition) is 1. The molecule has 1 heterocycles. The summed E-state index contributed by atoms with van der Waals surface area (Å²) in [4.78, 5) is 12.3. The largest absolute Gasteiger partial charge is 0.507 e. The van der Waals surface area contributed by atoms with Crippen molar-refractivity contribution in [2.24, 2.45) is 5.92 Å². The second kappa shape index (κ2) is 7.23. The molecular formula is C22H30O3. The monoisotopic (exact) mass is 342 g/mol. The summed E-state index contributed by atoms with van der Waals surface area (Å²) in [6, 6.07) is 3.86. The summed E-state index contributed by atoms with van der Waals surface area (Å²) in [5.41, 5.74) is 3.12. The van der Waals surface area contributed by atoms with Gasteiger partial charge in [0.1, 0.15) is 11.3 Å². The van der Waals surface area contributed by atoms with Gasteiger partial charge in [0.05, 0.1) is 5.39 Å². The van der Waals surface area contributed by atoms with Gasteiger partial charge in [0.2, 0.25) is 0 Å². The molecule has 1 aliphatic carbocycles. The number of unbranched alkanes of at least 4 members (excludes halogenated alkanes) is 2. The summed E-state index contributed by atoms with van der Waals surface area (Å²) in [7, 11) is 0.